The van der Waals surface area contributed by atoms with Crippen LogP contribution in [-0.2, 0) is 12.8 Å². The van der Waals surface area contributed by atoms with E-state index in [4.69, 9.17) is 0 Å². The van der Waals surface area contributed by atoms with Crippen LogP contribution in [0.4, 0.5) is 11.5 Å². The maximum Gasteiger partial charge on any atom is 0.272 e. The molecule has 0 bridgehead atoms. The van der Waals surface area contributed by atoms with Crippen molar-refractivity contribution in [2.45, 2.75) is 33.6 Å². The molecule has 1 aromatic heterocycles. The Kier molecular flexibility index (Phi) is 6.06. The van der Waals surface area contributed by atoms with Crippen LogP contribution >= 0.6 is 0 Å². The van der Waals surface area contributed by atoms with Crippen molar-refractivity contribution in [3.05, 3.63) is 46.9 Å². The number of hydrogen-bond donors (Lipinski definition) is 1. The second-order valence-electron chi connectivity index (χ2n) is 7.06. The summed E-state index contributed by atoms with van der Waals surface area (Å²) in [5, 5.41) is 3.46. The quantitative estimate of drug-likeness (QED) is 0.880. The van der Waals surface area contributed by atoms with Crippen LogP contribution in [0.1, 0.15) is 41.3 Å². The molecule has 0 aliphatic carbocycles. The summed E-state index contributed by atoms with van der Waals surface area (Å²) >= 11 is 0. The van der Waals surface area contributed by atoms with Gasteiger partial charge in [0.25, 0.3) is 5.91 Å². The lowest BCUT2D eigenvalue weighted by molar-refractivity contribution is 0.0658. The number of nitrogens with one attached hydrogen (secondary N) is 1. The van der Waals surface area contributed by atoms with E-state index in [9.17, 15) is 4.79 Å². The maximum absolute atomic E-state index is 12.9. The first kappa shape index (κ1) is 19.3. The van der Waals surface area contributed by atoms with Gasteiger partial charge in [0.1, 0.15) is 17.3 Å². The average Bonchev–Trinajstić information content (AvgIpc) is 2.67. The van der Waals surface area contributed by atoms with Crippen LogP contribution in [0.5, 0.6) is 0 Å². The van der Waals surface area contributed by atoms with Gasteiger partial charge in [-0.2, -0.15) is 0 Å². The normalized spacial score (nSPS) is 15.0. The third-order valence-electron chi connectivity index (χ3n) is 5.10. The molecule has 1 N–H and O–H groups in total. The molecule has 0 saturated carbocycles. The molecule has 2 aromatic rings. The van der Waals surface area contributed by atoms with Crippen molar-refractivity contribution in [3.63, 3.8) is 0 Å². The van der Waals surface area contributed by atoms with Gasteiger partial charge in [0.15, 0.2) is 0 Å². The number of likely N-dealkylation sites (N-methyl/N-ethyl adjacent to an activating group) is 1. The molecule has 1 aliphatic rings. The Morgan fingerprint density at radius 1 is 1.07 bits per heavy atom. The number of anilines is 2. The average molecular weight is 367 g/mol. The fraction of sp³-hybridized carbons (Fsp3) is 0.476. The van der Waals surface area contributed by atoms with Gasteiger partial charge in [-0.3, -0.25) is 4.79 Å². The Morgan fingerprint density at radius 3 is 2.30 bits per heavy atom. The van der Waals surface area contributed by atoms with Gasteiger partial charge < -0.3 is 15.1 Å². The van der Waals surface area contributed by atoms with E-state index in [0.29, 0.717) is 17.3 Å². The van der Waals surface area contributed by atoms with Gasteiger partial charge in [0.05, 0.1) is 0 Å². The van der Waals surface area contributed by atoms with E-state index in [2.05, 4.69) is 59.3 Å². The SMILES string of the molecule is CCc1cccc(CC)c1Nc1cc(C(=O)N2CCN(C)CC2)nc(C)n1. The van der Waals surface area contributed by atoms with Gasteiger partial charge in [0, 0.05) is 37.9 Å². The van der Waals surface area contributed by atoms with Crippen LogP contribution < -0.4 is 5.32 Å². The molecule has 1 amide bonds. The minimum absolute atomic E-state index is 0.0175. The van der Waals surface area contributed by atoms with Gasteiger partial charge in [-0.1, -0.05) is 32.0 Å². The van der Waals surface area contributed by atoms with Gasteiger partial charge in [-0.25, -0.2) is 9.97 Å². The lowest BCUT2D eigenvalue weighted by Crippen LogP contribution is -2.47. The fourth-order valence-electron chi connectivity index (χ4n) is 3.44. The molecular formula is C21H29N5O. The highest BCUT2D eigenvalue weighted by Gasteiger charge is 2.22. The Hall–Kier alpha value is -2.47. The summed E-state index contributed by atoms with van der Waals surface area (Å²) in [6.07, 6.45) is 1.88. The molecule has 1 aromatic carbocycles. The number of rotatable bonds is 5. The second kappa shape index (κ2) is 8.48. The van der Waals surface area contributed by atoms with Crippen LogP contribution in [0.15, 0.2) is 24.3 Å². The van der Waals surface area contributed by atoms with Crippen molar-refractivity contribution in [3.8, 4) is 0 Å². The van der Waals surface area contributed by atoms with E-state index in [-0.39, 0.29) is 5.91 Å². The molecule has 1 saturated heterocycles. The van der Waals surface area contributed by atoms with Crippen molar-refractivity contribution >= 4 is 17.4 Å². The first-order valence-electron chi connectivity index (χ1n) is 9.73. The molecular weight excluding hydrogens is 338 g/mol. The number of amides is 1. The minimum atomic E-state index is -0.0175. The number of hydrogen-bond acceptors (Lipinski definition) is 5. The molecule has 1 aliphatic heterocycles. The molecule has 144 valence electrons. The van der Waals surface area contributed by atoms with Crippen LogP contribution in [0.2, 0.25) is 0 Å². The smallest absolute Gasteiger partial charge is 0.272 e. The van der Waals surface area contributed by atoms with Gasteiger partial charge in [-0.15, -0.1) is 0 Å². The summed E-state index contributed by atoms with van der Waals surface area (Å²) < 4.78 is 0. The molecule has 2 heterocycles. The predicted octanol–water partition coefficient (Wildman–Crippen LogP) is 3.04. The molecule has 0 spiro atoms. The van der Waals surface area contributed by atoms with Crippen LogP contribution in [0.3, 0.4) is 0 Å². The van der Waals surface area contributed by atoms with E-state index in [0.717, 1.165) is 44.7 Å². The van der Waals surface area contributed by atoms with E-state index in [1.165, 1.54) is 11.1 Å². The molecule has 0 atom stereocenters. The summed E-state index contributed by atoms with van der Waals surface area (Å²) in [5.41, 5.74) is 4.05. The highest BCUT2D eigenvalue weighted by atomic mass is 16.2. The Balaban J connectivity index is 1.87. The van der Waals surface area contributed by atoms with Crippen molar-refractivity contribution in [1.29, 1.82) is 0 Å². The lowest BCUT2D eigenvalue weighted by Gasteiger charge is -2.32. The number of para-hydroxylation sites is 1. The zero-order valence-electron chi connectivity index (χ0n) is 16.7. The molecule has 0 unspecified atom stereocenters. The maximum atomic E-state index is 12.9. The van der Waals surface area contributed by atoms with Crippen molar-refractivity contribution in [2.24, 2.45) is 0 Å². The van der Waals surface area contributed by atoms with Crippen LogP contribution in [0, 0.1) is 6.92 Å². The van der Waals surface area contributed by atoms with Gasteiger partial charge in [0.2, 0.25) is 0 Å². The number of benzene rings is 1. The topological polar surface area (TPSA) is 61.4 Å². The molecule has 6 heteroatoms. The number of carbonyl (C=O) groups is 1. The first-order valence-corrected chi connectivity index (χ1v) is 9.73. The van der Waals surface area contributed by atoms with Crippen LogP contribution in [-0.4, -0.2) is 58.9 Å². The minimum Gasteiger partial charge on any atom is -0.340 e. The summed E-state index contributed by atoms with van der Waals surface area (Å²) in [4.78, 5) is 25.9. The summed E-state index contributed by atoms with van der Waals surface area (Å²) in [6.45, 7) is 9.38. The number of nitrogens with zero attached hydrogens (tertiary/aromatic N) is 4. The van der Waals surface area contributed by atoms with E-state index >= 15 is 0 Å². The molecule has 0 radical (unpaired) electrons. The number of piperazine rings is 1. The third-order valence-corrected chi connectivity index (χ3v) is 5.10. The lowest BCUT2D eigenvalue weighted by atomic mass is 10.0. The third kappa shape index (κ3) is 4.45. The molecule has 3 rings (SSSR count). The fourth-order valence-corrected chi connectivity index (χ4v) is 3.44. The Labute approximate surface area is 161 Å². The highest BCUT2D eigenvalue weighted by Crippen LogP contribution is 2.26. The standard InChI is InChI=1S/C21H29N5O/c1-5-16-8-7-9-17(6-2)20(16)24-19-14-18(22-15(3)23-19)21(27)26-12-10-25(4)11-13-26/h7-9,14H,5-6,10-13H2,1-4H3,(H,22,23,24). The molecule has 6 nitrogen and oxygen atoms in total. The first-order chi connectivity index (χ1) is 13.0. The van der Waals surface area contributed by atoms with E-state index < -0.39 is 0 Å². The van der Waals surface area contributed by atoms with Crippen LogP contribution in [0.25, 0.3) is 0 Å². The summed E-state index contributed by atoms with van der Waals surface area (Å²) in [7, 11) is 2.08. The Morgan fingerprint density at radius 2 is 1.70 bits per heavy atom. The largest absolute Gasteiger partial charge is 0.340 e. The Bertz CT molecular complexity index is 790. The van der Waals surface area contributed by atoms with Gasteiger partial charge >= 0.3 is 0 Å². The zero-order chi connectivity index (χ0) is 19.4. The molecule has 27 heavy (non-hydrogen) atoms. The van der Waals surface area contributed by atoms with E-state index in [1.807, 2.05) is 11.8 Å². The second-order valence-corrected chi connectivity index (χ2v) is 7.06. The zero-order valence-corrected chi connectivity index (χ0v) is 16.7. The highest BCUT2D eigenvalue weighted by molar-refractivity contribution is 5.93. The van der Waals surface area contributed by atoms with E-state index in [1.54, 1.807) is 6.07 Å². The van der Waals surface area contributed by atoms with Crippen molar-refractivity contribution in [1.82, 2.24) is 19.8 Å². The van der Waals surface area contributed by atoms with Crippen molar-refractivity contribution < 1.29 is 4.79 Å². The summed E-state index contributed by atoms with van der Waals surface area (Å²) in [5.74, 6) is 1.26. The monoisotopic (exact) mass is 367 g/mol. The number of aromatic nitrogens is 2. The van der Waals surface area contributed by atoms with Crippen molar-refractivity contribution in [2.75, 3.05) is 38.5 Å². The number of carbonyl (C=O) groups excluding carboxylic acids is 1. The van der Waals surface area contributed by atoms with Gasteiger partial charge in [-0.05, 0) is 37.9 Å². The predicted molar refractivity (Wildman–Crippen MR) is 109 cm³/mol. The number of aryl methyl sites for hydroxylation is 3. The molecule has 1 fully saturated rings. The summed E-state index contributed by atoms with van der Waals surface area (Å²) in [6, 6.07) is 8.13.